The Bertz CT molecular complexity index is 538. The topological polar surface area (TPSA) is 68.2 Å². The molecule has 108 valence electrons. The molecule has 0 aromatic heterocycles. The Hall–Kier alpha value is -1.63. The average Bonchev–Trinajstić information content (AvgIpc) is 2.98. The van der Waals surface area contributed by atoms with Crippen molar-refractivity contribution in [3.8, 4) is 0 Å². The van der Waals surface area contributed by atoms with E-state index in [2.05, 4.69) is 0 Å². The van der Waals surface area contributed by atoms with Gasteiger partial charge in [-0.25, -0.2) is 9.69 Å². The molecule has 1 aromatic rings. The minimum Gasteiger partial charge on any atom is -0.449 e. The molecule has 2 heterocycles. The van der Waals surface area contributed by atoms with Gasteiger partial charge < -0.3 is 19.3 Å². The van der Waals surface area contributed by atoms with E-state index in [4.69, 9.17) is 14.2 Å². The molecule has 1 spiro atoms. The number of fused-ring (bicyclic) bond motifs is 2. The molecule has 1 aromatic carbocycles. The third-order valence-electron chi connectivity index (χ3n) is 3.55. The van der Waals surface area contributed by atoms with Crippen LogP contribution in [0.5, 0.6) is 0 Å². The van der Waals surface area contributed by atoms with Crippen LogP contribution < -0.4 is 4.90 Å². The molecule has 20 heavy (non-hydrogen) atoms. The molecule has 2 aliphatic heterocycles. The number of aryl methyl sites for hydroxylation is 1. The Morgan fingerprint density at radius 1 is 1.50 bits per heavy atom. The molecule has 2 aliphatic rings. The van der Waals surface area contributed by atoms with Gasteiger partial charge in [-0.3, -0.25) is 0 Å². The lowest BCUT2D eigenvalue weighted by atomic mass is 10.0. The van der Waals surface area contributed by atoms with E-state index in [-0.39, 0.29) is 6.61 Å². The van der Waals surface area contributed by atoms with Crippen LogP contribution in [0.15, 0.2) is 18.2 Å². The number of hydrogen-bond acceptors (Lipinski definition) is 5. The van der Waals surface area contributed by atoms with E-state index < -0.39 is 18.1 Å². The molecular formula is C14H17NO5. The summed E-state index contributed by atoms with van der Waals surface area (Å²) in [6.07, 6.45) is -1.86. The third-order valence-corrected chi connectivity index (χ3v) is 3.55. The number of carbonyl (C=O) groups is 1. The fourth-order valence-electron chi connectivity index (χ4n) is 2.70. The van der Waals surface area contributed by atoms with Gasteiger partial charge in [0.15, 0.2) is 6.23 Å². The highest BCUT2D eigenvalue weighted by molar-refractivity contribution is 5.91. The van der Waals surface area contributed by atoms with Crippen LogP contribution in [0.3, 0.4) is 0 Å². The maximum absolute atomic E-state index is 12.1. The maximum atomic E-state index is 12.1. The Morgan fingerprint density at radius 3 is 2.85 bits per heavy atom. The van der Waals surface area contributed by atoms with Gasteiger partial charge in [0, 0.05) is 5.56 Å². The highest BCUT2D eigenvalue weighted by Gasteiger charge is 2.57. The molecule has 1 N–H and O–H groups in total. The van der Waals surface area contributed by atoms with Crippen molar-refractivity contribution >= 4 is 11.8 Å². The number of rotatable bonds is 1. The predicted molar refractivity (Wildman–Crippen MR) is 70.3 cm³/mol. The van der Waals surface area contributed by atoms with Crippen molar-refractivity contribution in [2.75, 3.05) is 24.7 Å². The van der Waals surface area contributed by atoms with Gasteiger partial charge in [0.1, 0.15) is 0 Å². The number of hydrogen-bond donors (Lipinski definition) is 1. The molecular weight excluding hydrogens is 262 g/mol. The Kier molecular flexibility index (Phi) is 3.16. The summed E-state index contributed by atoms with van der Waals surface area (Å²) in [5.41, 5.74) is 2.22. The lowest BCUT2D eigenvalue weighted by molar-refractivity contribution is -0.219. The van der Waals surface area contributed by atoms with Crippen LogP contribution in [-0.4, -0.2) is 37.2 Å². The van der Waals surface area contributed by atoms with Crippen LogP contribution in [0, 0.1) is 6.92 Å². The number of nitrogens with zero attached hydrogens (tertiary/aromatic N) is 1. The van der Waals surface area contributed by atoms with Gasteiger partial charge in [-0.2, -0.15) is 0 Å². The number of carbonyl (C=O) groups excluding carboxylic acids is 1. The molecule has 1 unspecified atom stereocenters. The van der Waals surface area contributed by atoms with Crippen molar-refractivity contribution in [1.82, 2.24) is 0 Å². The molecule has 0 radical (unpaired) electrons. The molecule has 1 fully saturated rings. The van der Waals surface area contributed by atoms with Gasteiger partial charge in [-0.15, -0.1) is 0 Å². The highest BCUT2D eigenvalue weighted by Crippen LogP contribution is 2.48. The van der Waals surface area contributed by atoms with Crippen LogP contribution in [0.4, 0.5) is 10.5 Å². The first-order chi connectivity index (χ1) is 9.60. The summed E-state index contributed by atoms with van der Waals surface area (Å²) >= 11 is 0. The van der Waals surface area contributed by atoms with Crippen molar-refractivity contribution in [3.05, 3.63) is 29.3 Å². The number of aliphatic hydroxyl groups is 1. The first-order valence-electron chi connectivity index (χ1n) is 6.63. The van der Waals surface area contributed by atoms with E-state index in [0.717, 1.165) is 5.56 Å². The molecule has 6 heteroatoms. The van der Waals surface area contributed by atoms with Gasteiger partial charge in [0.05, 0.1) is 25.5 Å². The zero-order valence-corrected chi connectivity index (χ0v) is 11.5. The Balaban J connectivity index is 2.10. The fraction of sp³-hybridized carbons (Fsp3) is 0.500. The van der Waals surface area contributed by atoms with Gasteiger partial charge in [0.25, 0.3) is 0 Å². The van der Waals surface area contributed by atoms with Crippen LogP contribution in [0.25, 0.3) is 0 Å². The number of amides is 1. The van der Waals surface area contributed by atoms with E-state index in [1.807, 2.05) is 19.1 Å². The number of anilines is 1. The Labute approximate surface area is 116 Å². The van der Waals surface area contributed by atoms with Crippen molar-refractivity contribution in [2.45, 2.75) is 25.9 Å². The Morgan fingerprint density at radius 2 is 2.20 bits per heavy atom. The number of aliphatic hydroxyl groups excluding tert-OH is 1. The van der Waals surface area contributed by atoms with Gasteiger partial charge in [-0.1, -0.05) is 11.6 Å². The van der Waals surface area contributed by atoms with Crippen molar-refractivity contribution in [1.29, 1.82) is 0 Å². The lowest BCUT2D eigenvalue weighted by Crippen LogP contribution is -2.48. The van der Waals surface area contributed by atoms with Crippen molar-refractivity contribution in [3.63, 3.8) is 0 Å². The second-order valence-corrected chi connectivity index (χ2v) is 4.83. The normalized spacial score (nSPS) is 23.1. The molecule has 0 bridgehead atoms. The summed E-state index contributed by atoms with van der Waals surface area (Å²) < 4.78 is 16.3. The summed E-state index contributed by atoms with van der Waals surface area (Å²) in [6.45, 7) is 4.64. The van der Waals surface area contributed by atoms with Gasteiger partial charge >= 0.3 is 6.09 Å². The fourth-order valence-corrected chi connectivity index (χ4v) is 2.70. The zero-order valence-electron chi connectivity index (χ0n) is 11.5. The van der Waals surface area contributed by atoms with E-state index in [1.165, 1.54) is 4.90 Å². The molecule has 3 rings (SSSR count). The second kappa shape index (κ2) is 4.73. The molecule has 1 saturated heterocycles. The van der Waals surface area contributed by atoms with E-state index in [1.54, 1.807) is 13.0 Å². The number of ether oxygens (including phenoxy) is 3. The lowest BCUT2D eigenvalue weighted by Gasteiger charge is -2.29. The largest absolute Gasteiger partial charge is 0.449 e. The number of benzene rings is 1. The maximum Gasteiger partial charge on any atom is 0.416 e. The van der Waals surface area contributed by atoms with Crippen molar-refractivity contribution in [2.24, 2.45) is 0 Å². The third kappa shape index (κ3) is 1.72. The molecule has 6 nitrogen and oxygen atoms in total. The van der Waals surface area contributed by atoms with E-state index >= 15 is 0 Å². The first-order valence-corrected chi connectivity index (χ1v) is 6.63. The SMILES string of the molecule is CCOC(=O)N1c2ccc(C)cc2C2(OCCO2)C1O. The molecule has 0 saturated carbocycles. The van der Waals surface area contributed by atoms with Crippen LogP contribution in [-0.2, 0) is 20.0 Å². The average molecular weight is 279 g/mol. The quantitative estimate of drug-likeness (QED) is 0.843. The monoisotopic (exact) mass is 279 g/mol. The van der Waals surface area contributed by atoms with Gasteiger partial charge in [-0.05, 0) is 26.0 Å². The molecule has 0 aliphatic carbocycles. The summed E-state index contributed by atoms with van der Waals surface area (Å²) in [4.78, 5) is 13.3. The van der Waals surface area contributed by atoms with Crippen molar-refractivity contribution < 1.29 is 24.1 Å². The summed E-state index contributed by atoms with van der Waals surface area (Å²) in [7, 11) is 0. The van der Waals surface area contributed by atoms with E-state index in [9.17, 15) is 9.90 Å². The molecule has 1 amide bonds. The smallest absolute Gasteiger partial charge is 0.416 e. The predicted octanol–water partition coefficient (Wildman–Crippen LogP) is 1.49. The minimum absolute atomic E-state index is 0.234. The summed E-state index contributed by atoms with van der Waals surface area (Å²) in [5, 5.41) is 10.5. The van der Waals surface area contributed by atoms with Crippen LogP contribution in [0.2, 0.25) is 0 Å². The van der Waals surface area contributed by atoms with Gasteiger partial charge in [0.2, 0.25) is 5.79 Å². The standard InChI is InChI=1S/C14H17NO5/c1-3-18-13(17)15-11-5-4-9(2)8-10(11)14(12(15)16)19-6-7-20-14/h4-5,8,12,16H,3,6-7H2,1-2H3. The van der Waals surface area contributed by atoms with Crippen LogP contribution in [0.1, 0.15) is 18.1 Å². The first kappa shape index (κ1) is 13.4. The zero-order chi connectivity index (χ0) is 14.3. The highest BCUT2D eigenvalue weighted by atomic mass is 16.8. The summed E-state index contributed by atoms with van der Waals surface area (Å²) in [6, 6.07) is 5.50. The molecule has 1 atom stereocenters. The van der Waals surface area contributed by atoms with E-state index in [0.29, 0.717) is 24.5 Å². The van der Waals surface area contributed by atoms with Crippen LogP contribution >= 0.6 is 0 Å². The minimum atomic E-state index is -1.30. The second-order valence-electron chi connectivity index (χ2n) is 4.83. The summed E-state index contributed by atoms with van der Waals surface area (Å²) in [5.74, 6) is -1.30.